The summed E-state index contributed by atoms with van der Waals surface area (Å²) in [5.74, 6) is -0.0558. The first-order valence-corrected chi connectivity index (χ1v) is 8.63. The van der Waals surface area contributed by atoms with Crippen molar-refractivity contribution in [2.75, 3.05) is 0 Å². The Hall–Kier alpha value is -2.84. The molecule has 0 radical (unpaired) electrons. The number of rotatable bonds is 5. The van der Waals surface area contributed by atoms with E-state index < -0.39 is 6.10 Å². The van der Waals surface area contributed by atoms with Gasteiger partial charge in [-0.2, -0.15) is 0 Å². The second-order valence-electron chi connectivity index (χ2n) is 6.61. The second-order valence-corrected chi connectivity index (χ2v) is 6.61. The molecule has 1 aliphatic heterocycles. The number of nitrogens with zero attached hydrogens (tertiary/aromatic N) is 2. The summed E-state index contributed by atoms with van der Waals surface area (Å²) in [6.07, 6.45) is 2.75. The molecule has 1 amide bonds. The fraction of sp³-hybridized carbons (Fsp3) is 0.333. The van der Waals surface area contributed by atoms with E-state index in [1.807, 2.05) is 35.3 Å². The lowest BCUT2D eigenvalue weighted by molar-refractivity contribution is 0.0536. The van der Waals surface area contributed by atoms with Crippen LogP contribution in [0.3, 0.4) is 0 Å². The summed E-state index contributed by atoms with van der Waals surface area (Å²) < 4.78 is 5.19. The van der Waals surface area contributed by atoms with E-state index in [1.165, 1.54) is 0 Å². The van der Waals surface area contributed by atoms with Gasteiger partial charge >= 0.3 is 0 Å². The van der Waals surface area contributed by atoms with Gasteiger partial charge in [-0.3, -0.25) is 9.80 Å². The minimum absolute atomic E-state index is 0.0652. The summed E-state index contributed by atoms with van der Waals surface area (Å²) in [4.78, 5) is 12.4. The van der Waals surface area contributed by atoms with Gasteiger partial charge in [0, 0.05) is 23.9 Å². The van der Waals surface area contributed by atoms with Gasteiger partial charge in [0.05, 0.1) is 17.8 Å². The third-order valence-corrected chi connectivity index (χ3v) is 4.73. The van der Waals surface area contributed by atoms with Crippen molar-refractivity contribution in [1.29, 1.82) is 0 Å². The Morgan fingerprint density at radius 2 is 2.15 bits per heavy atom. The first-order chi connectivity index (χ1) is 12.6. The average molecular weight is 355 g/mol. The monoisotopic (exact) mass is 355 g/mol. The molecule has 8 nitrogen and oxygen atoms in total. The molecular formula is C18H21N5O3. The fourth-order valence-corrected chi connectivity index (χ4v) is 3.23. The van der Waals surface area contributed by atoms with Crippen LogP contribution in [0.4, 0.5) is 0 Å². The lowest BCUT2D eigenvalue weighted by atomic mass is 9.85. The molecule has 1 aliphatic carbocycles. The van der Waals surface area contributed by atoms with Crippen LogP contribution in [0.15, 0.2) is 52.8 Å². The Balaban J connectivity index is 1.32. The average Bonchev–Trinajstić information content (AvgIpc) is 3.27. The maximum Gasteiger partial charge on any atom is 0.290 e. The van der Waals surface area contributed by atoms with Crippen molar-refractivity contribution in [2.45, 2.75) is 38.0 Å². The van der Waals surface area contributed by atoms with E-state index in [4.69, 9.17) is 4.52 Å². The summed E-state index contributed by atoms with van der Waals surface area (Å²) >= 11 is 0. The highest BCUT2D eigenvalue weighted by Crippen LogP contribution is 2.29. The zero-order chi connectivity index (χ0) is 18.1. The maximum atomic E-state index is 12.4. The Kier molecular flexibility index (Phi) is 4.36. The number of hydrogen-bond donors (Lipinski definition) is 4. The van der Waals surface area contributed by atoms with Gasteiger partial charge in [0.15, 0.2) is 0 Å². The number of nitrogens with one attached hydrogen (secondary N) is 3. The van der Waals surface area contributed by atoms with Gasteiger partial charge in [-0.25, -0.2) is 0 Å². The Bertz CT molecular complexity index is 811. The van der Waals surface area contributed by atoms with Crippen molar-refractivity contribution >= 4 is 5.91 Å². The number of benzene rings is 1. The summed E-state index contributed by atoms with van der Waals surface area (Å²) in [6.45, 7) is 1.72. The summed E-state index contributed by atoms with van der Waals surface area (Å²) in [5.41, 5.74) is 8.24. The zero-order valence-electron chi connectivity index (χ0n) is 14.3. The molecule has 4 rings (SSSR count). The summed E-state index contributed by atoms with van der Waals surface area (Å²) in [6, 6.07) is 11.5. The van der Waals surface area contributed by atoms with Crippen LogP contribution in [0, 0.1) is 0 Å². The van der Waals surface area contributed by atoms with Crippen LogP contribution in [0.2, 0.25) is 0 Å². The second kappa shape index (κ2) is 6.81. The van der Waals surface area contributed by atoms with E-state index >= 15 is 0 Å². The molecule has 0 bridgehead atoms. The third-order valence-electron chi connectivity index (χ3n) is 4.73. The number of aromatic nitrogens is 1. The molecule has 8 heteroatoms. The fourth-order valence-electron chi connectivity index (χ4n) is 3.23. The van der Waals surface area contributed by atoms with Crippen molar-refractivity contribution in [1.82, 2.24) is 26.4 Å². The van der Waals surface area contributed by atoms with E-state index in [2.05, 4.69) is 21.4 Å². The van der Waals surface area contributed by atoms with Crippen LogP contribution < -0.4 is 16.3 Å². The molecule has 1 fully saturated rings. The smallest absolute Gasteiger partial charge is 0.290 e. The molecule has 1 aromatic heterocycles. The minimum Gasteiger partial charge on any atom is -0.387 e. The molecule has 136 valence electrons. The molecule has 26 heavy (non-hydrogen) atoms. The molecule has 2 heterocycles. The Morgan fingerprint density at radius 3 is 2.88 bits per heavy atom. The Labute approximate surface area is 150 Å². The largest absolute Gasteiger partial charge is 0.387 e. The topological polar surface area (TPSA) is 103 Å². The van der Waals surface area contributed by atoms with Crippen molar-refractivity contribution < 1.29 is 14.4 Å². The lowest BCUT2D eigenvalue weighted by Gasteiger charge is -2.42. The number of aliphatic hydroxyl groups is 1. The van der Waals surface area contributed by atoms with Crippen LogP contribution >= 0.6 is 0 Å². The molecule has 2 aliphatic rings. The van der Waals surface area contributed by atoms with Crippen molar-refractivity contribution in [3.63, 3.8) is 0 Å². The lowest BCUT2D eigenvalue weighted by Crippen LogP contribution is -2.57. The highest BCUT2D eigenvalue weighted by atomic mass is 16.5. The van der Waals surface area contributed by atoms with E-state index in [-0.39, 0.29) is 23.8 Å². The van der Waals surface area contributed by atoms with Crippen molar-refractivity contribution in [3.05, 3.63) is 54.1 Å². The quantitative estimate of drug-likeness (QED) is 0.638. The third kappa shape index (κ3) is 3.16. The molecule has 1 atom stereocenters. The number of aliphatic hydroxyl groups excluding tert-OH is 1. The van der Waals surface area contributed by atoms with Crippen LogP contribution in [0.5, 0.6) is 0 Å². The number of amides is 1. The standard InChI is InChI=1S/C18H21N5O3/c1-11(24)16-10-19-22-23(16)14-7-13(8-14)20-18(25)17-9-15(21-26-17)12-5-3-2-4-6-12/h2-6,9-11,13-14,19,22,24H,7-8H2,1H3,(H,20,25)/t11-,13?,14?/m0/s1. The van der Waals surface area contributed by atoms with E-state index in [0.717, 1.165) is 24.1 Å². The summed E-state index contributed by atoms with van der Waals surface area (Å²) in [7, 11) is 0. The summed E-state index contributed by atoms with van der Waals surface area (Å²) in [5, 5.41) is 18.6. The van der Waals surface area contributed by atoms with Crippen LogP contribution in [0.25, 0.3) is 11.3 Å². The van der Waals surface area contributed by atoms with E-state index in [9.17, 15) is 9.90 Å². The number of carbonyl (C=O) groups is 1. The number of hydrogen-bond acceptors (Lipinski definition) is 7. The van der Waals surface area contributed by atoms with E-state index in [0.29, 0.717) is 5.69 Å². The van der Waals surface area contributed by atoms with Crippen molar-refractivity contribution in [2.24, 2.45) is 0 Å². The van der Waals surface area contributed by atoms with E-state index in [1.54, 1.807) is 19.2 Å². The predicted octanol–water partition coefficient (Wildman–Crippen LogP) is 1.15. The van der Waals surface area contributed by atoms with Gasteiger partial charge in [0.2, 0.25) is 5.76 Å². The van der Waals surface area contributed by atoms with Gasteiger partial charge < -0.3 is 20.4 Å². The normalized spacial score (nSPS) is 23.0. The number of hydrazine groups is 2. The molecular weight excluding hydrogens is 334 g/mol. The van der Waals surface area contributed by atoms with Gasteiger partial charge in [0.1, 0.15) is 5.69 Å². The number of carbonyl (C=O) groups excluding carboxylic acids is 1. The molecule has 1 aromatic carbocycles. The van der Waals surface area contributed by atoms with Crippen LogP contribution in [-0.4, -0.2) is 39.4 Å². The Morgan fingerprint density at radius 1 is 1.38 bits per heavy atom. The SMILES string of the molecule is C[C@H](O)C1=CNNN1C1CC(NC(=O)c2cc(-c3ccccc3)no2)C1. The van der Waals surface area contributed by atoms with Crippen LogP contribution in [0.1, 0.15) is 30.3 Å². The van der Waals surface area contributed by atoms with Gasteiger partial charge in [-0.1, -0.05) is 35.5 Å². The molecule has 0 unspecified atom stereocenters. The first-order valence-electron chi connectivity index (χ1n) is 8.63. The van der Waals surface area contributed by atoms with Crippen molar-refractivity contribution in [3.8, 4) is 11.3 Å². The molecule has 4 N–H and O–H groups in total. The maximum absolute atomic E-state index is 12.4. The van der Waals surface area contributed by atoms with Gasteiger partial charge in [-0.05, 0) is 19.8 Å². The molecule has 0 spiro atoms. The molecule has 2 aromatic rings. The zero-order valence-corrected chi connectivity index (χ0v) is 14.3. The highest BCUT2D eigenvalue weighted by Gasteiger charge is 2.38. The predicted molar refractivity (Wildman–Crippen MR) is 94.1 cm³/mol. The molecule has 1 saturated carbocycles. The van der Waals surface area contributed by atoms with Gasteiger partial charge in [0.25, 0.3) is 5.91 Å². The highest BCUT2D eigenvalue weighted by molar-refractivity contribution is 5.92. The van der Waals surface area contributed by atoms with Gasteiger partial charge in [-0.15, -0.1) is 5.53 Å². The minimum atomic E-state index is -0.559. The molecule has 0 saturated heterocycles. The van der Waals surface area contributed by atoms with Crippen LogP contribution in [-0.2, 0) is 0 Å². The first kappa shape index (κ1) is 16.6.